The lowest BCUT2D eigenvalue weighted by atomic mass is 10.1. The summed E-state index contributed by atoms with van der Waals surface area (Å²) in [6, 6.07) is 7.02. The smallest absolute Gasteiger partial charge is 0.159 e. The van der Waals surface area contributed by atoms with E-state index >= 15 is 0 Å². The van der Waals surface area contributed by atoms with Crippen LogP contribution in [0.15, 0.2) is 24.3 Å². The molecule has 1 aromatic rings. The minimum Gasteiger partial charge on any atom is -0.492 e. The number of carbonyl (C=O) groups excluding carboxylic acids is 1. The van der Waals surface area contributed by atoms with Gasteiger partial charge >= 0.3 is 0 Å². The number of carbonyl (C=O) groups is 1. The van der Waals surface area contributed by atoms with Crippen molar-refractivity contribution in [2.45, 2.75) is 6.92 Å². The molecule has 0 N–H and O–H groups in total. The van der Waals surface area contributed by atoms with Gasteiger partial charge in [-0.05, 0) is 31.2 Å². The normalized spacial score (nSPS) is 9.69. The van der Waals surface area contributed by atoms with Crippen LogP contribution in [-0.4, -0.2) is 18.3 Å². The van der Waals surface area contributed by atoms with E-state index in [9.17, 15) is 4.79 Å². The van der Waals surface area contributed by atoms with E-state index in [4.69, 9.17) is 16.3 Å². The number of benzene rings is 1. The van der Waals surface area contributed by atoms with Crippen LogP contribution in [0.5, 0.6) is 5.75 Å². The number of hydrogen-bond acceptors (Lipinski definition) is 2. The van der Waals surface area contributed by atoms with Crippen molar-refractivity contribution in [2.75, 3.05) is 12.5 Å². The fraction of sp³-hybridized carbons (Fsp3) is 0.300. The maximum absolute atomic E-state index is 10.9. The van der Waals surface area contributed by atoms with Gasteiger partial charge < -0.3 is 4.74 Å². The standard InChI is InChI=1S/C10H11ClO2/c1-8(12)9-2-4-10(5-3-9)13-7-6-11/h2-5H,6-7H2,1H3. The van der Waals surface area contributed by atoms with Crippen LogP contribution >= 0.6 is 11.6 Å². The van der Waals surface area contributed by atoms with Gasteiger partial charge in [0.15, 0.2) is 5.78 Å². The Balaban J connectivity index is 2.64. The second-order valence-electron chi connectivity index (χ2n) is 2.62. The molecule has 0 amide bonds. The molecule has 0 aliphatic carbocycles. The summed E-state index contributed by atoms with van der Waals surface area (Å²) in [4.78, 5) is 10.9. The number of halogens is 1. The third-order valence-electron chi connectivity index (χ3n) is 1.61. The van der Waals surface area contributed by atoms with Crippen LogP contribution in [0.2, 0.25) is 0 Å². The van der Waals surface area contributed by atoms with Crippen LogP contribution in [-0.2, 0) is 0 Å². The minimum absolute atomic E-state index is 0.0592. The summed E-state index contributed by atoms with van der Waals surface area (Å²) in [6.07, 6.45) is 0. The fourth-order valence-corrected chi connectivity index (χ4v) is 1.02. The Morgan fingerprint density at radius 1 is 1.38 bits per heavy atom. The van der Waals surface area contributed by atoms with Crippen molar-refractivity contribution in [1.29, 1.82) is 0 Å². The highest BCUT2D eigenvalue weighted by Gasteiger charge is 1.98. The molecule has 0 bridgehead atoms. The van der Waals surface area contributed by atoms with Crippen molar-refractivity contribution in [3.8, 4) is 5.75 Å². The van der Waals surface area contributed by atoms with E-state index in [0.29, 0.717) is 18.1 Å². The summed E-state index contributed by atoms with van der Waals surface area (Å²) in [5.74, 6) is 1.27. The van der Waals surface area contributed by atoms with Crippen molar-refractivity contribution < 1.29 is 9.53 Å². The zero-order valence-electron chi connectivity index (χ0n) is 7.42. The third kappa shape index (κ3) is 3.07. The van der Waals surface area contributed by atoms with Gasteiger partial charge in [-0.15, -0.1) is 11.6 Å². The molecule has 0 aliphatic heterocycles. The van der Waals surface area contributed by atoms with Gasteiger partial charge in [-0.25, -0.2) is 0 Å². The van der Waals surface area contributed by atoms with E-state index in [1.54, 1.807) is 24.3 Å². The highest BCUT2D eigenvalue weighted by atomic mass is 35.5. The van der Waals surface area contributed by atoms with Crippen molar-refractivity contribution in [3.05, 3.63) is 29.8 Å². The summed E-state index contributed by atoms with van der Waals surface area (Å²) < 4.78 is 5.25. The van der Waals surface area contributed by atoms with E-state index in [0.717, 1.165) is 5.75 Å². The Morgan fingerprint density at radius 2 is 2.00 bits per heavy atom. The summed E-state index contributed by atoms with van der Waals surface area (Å²) in [5.41, 5.74) is 0.693. The number of ether oxygens (including phenoxy) is 1. The lowest BCUT2D eigenvalue weighted by Gasteiger charge is -2.03. The largest absolute Gasteiger partial charge is 0.492 e. The lowest BCUT2D eigenvalue weighted by Crippen LogP contribution is -1.98. The molecule has 0 aliphatic rings. The first-order valence-electron chi connectivity index (χ1n) is 4.04. The van der Waals surface area contributed by atoms with Crippen LogP contribution in [0.4, 0.5) is 0 Å². The lowest BCUT2D eigenvalue weighted by molar-refractivity contribution is 0.101. The van der Waals surface area contributed by atoms with Gasteiger partial charge in [0.1, 0.15) is 12.4 Å². The summed E-state index contributed by atoms with van der Waals surface area (Å²) in [6.45, 7) is 2.02. The molecule has 2 nitrogen and oxygen atoms in total. The maximum atomic E-state index is 10.9. The topological polar surface area (TPSA) is 26.3 Å². The molecule has 0 aromatic heterocycles. The number of ketones is 1. The van der Waals surface area contributed by atoms with Crippen molar-refractivity contribution in [2.24, 2.45) is 0 Å². The maximum Gasteiger partial charge on any atom is 0.159 e. The van der Waals surface area contributed by atoms with Gasteiger partial charge in [0.2, 0.25) is 0 Å². The average Bonchev–Trinajstić information content (AvgIpc) is 2.15. The molecule has 0 unspecified atom stereocenters. The first-order valence-corrected chi connectivity index (χ1v) is 4.57. The molecule has 0 spiro atoms. The predicted octanol–water partition coefficient (Wildman–Crippen LogP) is 2.51. The highest BCUT2D eigenvalue weighted by molar-refractivity contribution is 6.18. The van der Waals surface area contributed by atoms with Crippen molar-refractivity contribution in [1.82, 2.24) is 0 Å². The van der Waals surface area contributed by atoms with Gasteiger partial charge in [0, 0.05) is 5.56 Å². The van der Waals surface area contributed by atoms with E-state index in [1.165, 1.54) is 6.92 Å². The minimum atomic E-state index is 0.0592. The Labute approximate surface area is 82.5 Å². The zero-order chi connectivity index (χ0) is 9.68. The first-order chi connectivity index (χ1) is 6.24. The second kappa shape index (κ2) is 4.87. The first kappa shape index (κ1) is 10.1. The van der Waals surface area contributed by atoms with E-state index in [1.807, 2.05) is 0 Å². The quantitative estimate of drug-likeness (QED) is 0.549. The van der Waals surface area contributed by atoms with E-state index in [2.05, 4.69) is 0 Å². The second-order valence-corrected chi connectivity index (χ2v) is 3.00. The molecule has 0 atom stereocenters. The molecule has 0 saturated heterocycles. The van der Waals surface area contributed by atoms with Crippen molar-refractivity contribution in [3.63, 3.8) is 0 Å². The molecule has 70 valence electrons. The molecule has 13 heavy (non-hydrogen) atoms. The zero-order valence-corrected chi connectivity index (χ0v) is 8.17. The molecule has 3 heteroatoms. The van der Waals surface area contributed by atoms with Gasteiger partial charge in [0.05, 0.1) is 5.88 Å². The Morgan fingerprint density at radius 3 is 2.46 bits per heavy atom. The molecular weight excluding hydrogens is 188 g/mol. The molecule has 0 fully saturated rings. The SMILES string of the molecule is CC(=O)c1ccc(OCCCl)cc1. The van der Waals surface area contributed by atoms with Crippen LogP contribution < -0.4 is 4.74 Å². The van der Waals surface area contributed by atoms with Crippen LogP contribution in [0.1, 0.15) is 17.3 Å². The van der Waals surface area contributed by atoms with Gasteiger partial charge in [-0.2, -0.15) is 0 Å². The van der Waals surface area contributed by atoms with Gasteiger partial charge in [-0.1, -0.05) is 0 Å². The van der Waals surface area contributed by atoms with Crippen molar-refractivity contribution >= 4 is 17.4 Å². The van der Waals surface area contributed by atoms with E-state index < -0.39 is 0 Å². The van der Waals surface area contributed by atoms with Crippen LogP contribution in [0.3, 0.4) is 0 Å². The highest BCUT2D eigenvalue weighted by Crippen LogP contribution is 2.12. The van der Waals surface area contributed by atoms with Crippen LogP contribution in [0.25, 0.3) is 0 Å². The average molecular weight is 199 g/mol. The Bertz CT molecular complexity index is 279. The summed E-state index contributed by atoms with van der Waals surface area (Å²) in [5, 5.41) is 0. The van der Waals surface area contributed by atoms with Crippen LogP contribution in [0, 0.1) is 0 Å². The predicted molar refractivity (Wildman–Crippen MR) is 52.7 cm³/mol. The number of rotatable bonds is 4. The fourth-order valence-electron chi connectivity index (χ4n) is 0.942. The Kier molecular flexibility index (Phi) is 3.77. The molecule has 0 heterocycles. The number of alkyl halides is 1. The monoisotopic (exact) mass is 198 g/mol. The number of hydrogen-bond donors (Lipinski definition) is 0. The molecule has 0 radical (unpaired) electrons. The summed E-state index contributed by atoms with van der Waals surface area (Å²) >= 11 is 5.45. The number of Topliss-reactive ketones (excluding diaryl/α,β-unsaturated/α-hetero) is 1. The van der Waals surface area contributed by atoms with E-state index in [-0.39, 0.29) is 5.78 Å². The summed E-state index contributed by atoms with van der Waals surface area (Å²) in [7, 11) is 0. The third-order valence-corrected chi connectivity index (χ3v) is 1.76. The van der Waals surface area contributed by atoms with Gasteiger partial charge in [-0.3, -0.25) is 4.79 Å². The molecule has 0 saturated carbocycles. The molecule has 1 rings (SSSR count). The molecule has 1 aromatic carbocycles. The van der Waals surface area contributed by atoms with Gasteiger partial charge in [0.25, 0.3) is 0 Å². The molecular formula is C10H11ClO2. The Hall–Kier alpha value is -1.02.